The van der Waals surface area contributed by atoms with Gasteiger partial charge in [0.25, 0.3) is 5.91 Å². The molecule has 1 heterocycles. The van der Waals surface area contributed by atoms with E-state index in [-0.39, 0.29) is 5.91 Å². The molecule has 0 saturated heterocycles. The lowest BCUT2D eigenvalue weighted by atomic mass is 10.1. The van der Waals surface area contributed by atoms with Gasteiger partial charge in [0.2, 0.25) is 5.13 Å². The molecule has 0 aliphatic heterocycles. The van der Waals surface area contributed by atoms with Crippen LogP contribution in [0.25, 0.3) is 10.2 Å². The number of hydrogen-bond acceptors (Lipinski definition) is 6. The third-order valence-corrected chi connectivity index (χ3v) is 5.69. The van der Waals surface area contributed by atoms with Gasteiger partial charge in [-0.2, -0.15) is 10.1 Å². The molecule has 3 aromatic carbocycles. The normalized spacial score (nSPS) is 11.1. The molecular formula is C24H21N3O3S. The van der Waals surface area contributed by atoms with Crippen LogP contribution in [-0.2, 0) is 0 Å². The van der Waals surface area contributed by atoms with Gasteiger partial charge in [0.1, 0.15) is 11.5 Å². The summed E-state index contributed by atoms with van der Waals surface area (Å²) in [6.45, 7) is 1.98. The lowest BCUT2D eigenvalue weighted by Gasteiger charge is -2.14. The van der Waals surface area contributed by atoms with Gasteiger partial charge in [0, 0.05) is 5.56 Å². The Balaban J connectivity index is 1.73. The fourth-order valence-corrected chi connectivity index (χ4v) is 3.88. The van der Waals surface area contributed by atoms with Crippen LogP contribution in [0.4, 0.5) is 5.13 Å². The van der Waals surface area contributed by atoms with Crippen molar-refractivity contribution in [3.63, 3.8) is 0 Å². The molecule has 7 heteroatoms. The van der Waals surface area contributed by atoms with Gasteiger partial charge in [-0.05, 0) is 67.1 Å². The zero-order valence-corrected chi connectivity index (χ0v) is 18.2. The maximum absolute atomic E-state index is 13.3. The van der Waals surface area contributed by atoms with E-state index in [4.69, 9.17) is 9.47 Å². The number of ether oxygens (including phenoxy) is 2. The van der Waals surface area contributed by atoms with Crippen molar-refractivity contribution in [1.29, 1.82) is 0 Å². The molecule has 6 nitrogen and oxygen atoms in total. The molecule has 0 unspecified atom stereocenters. The van der Waals surface area contributed by atoms with Gasteiger partial charge in [-0.25, -0.2) is 4.98 Å². The smallest absolute Gasteiger partial charge is 0.280 e. The Labute approximate surface area is 184 Å². The quantitative estimate of drug-likeness (QED) is 0.307. The third kappa shape index (κ3) is 4.57. The predicted octanol–water partition coefficient (Wildman–Crippen LogP) is 5.30. The maximum atomic E-state index is 13.3. The van der Waals surface area contributed by atoms with Crippen LogP contribution in [0.5, 0.6) is 11.5 Å². The molecule has 0 radical (unpaired) electrons. The standard InChI is InChI=1S/C24H21N3O3S/c1-16-4-8-18(9-5-16)23(28)27(25-15-17-6-10-19(29-2)11-7-17)24-26-21-13-12-20(30-3)14-22(21)31-24/h4-15H,1-3H3/b25-15+. The van der Waals surface area contributed by atoms with Crippen molar-refractivity contribution in [1.82, 2.24) is 4.98 Å². The highest BCUT2D eigenvalue weighted by molar-refractivity contribution is 7.22. The van der Waals surface area contributed by atoms with Crippen molar-refractivity contribution >= 4 is 38.8 Å². The molecule has 0 fully saturated rings. The summed E-state index contributed by atoms with van der Waals surface area (Å²) in [6.07, 6.45) is 1.64. The number of nitrogens with zero attached hydrogens (tertiary/aromatic N) is 3. The van der Waals surface area contributed by atoms with Crippen LogP contribution in [0.15, 0.2) is 71.8 Å². The van der Waals surface area contributed by atoms with Crippen molar-refractivity contribution in [3.8, 4) is 11.5 Å². The first kappa shape index (κ1) is 20.6. The summed E-state index contributed by atoms with van der Waals surface area (Å²) in [6, 6.07) is 20.5. The highest BCUT2D eigenvalue weighted by Gasteiger charge is 2.21. The van der Waals surface area contributed by atoms with Crippen molar-refractivity contribution in [2.75, 3.05) is 19.2 Å². The van der Waals surface area contributed by atoms with Gasteiger partial charge in [0.05, 0.1) is 30.7 Å². The number of amides is 1. The van der Waals surface area contributed by atoms with E-state index in [1.54, 1.807) is 32.6 Å². The van der Waals surface area contributed by atoms with Crippen LogP contribution < -0.4 is 14.5 Å². The van der Waals surface area contributed by atoms with E-state index in [2.05, 4.69) is 10.1 Å². The molecule has 0 atom stereocenters. The van der Waals surface area contributed by atoms with Crippen molar-refractivity contribution in [2.24, 2.45) is 5.10 Å². The summed E-state index contributed by atoms with van der Waals surface area (Å²) in [5.74, 6) is 1.24. The summed E-state index contributed by atoms with van der Waals surface area (Å²) in [5, 5.41) is 6.32. The average molecular weight is 432 g/mol. The van der Waals surface area contributed by atoms with Gasteiger partial charge in [-0.3, -0.25) is 4.79 Å². The van der Waals surface area contributed by atoms with Gasteiger partial charge >= 0.3 is 0 Å². The molecule has 1 aromatic heterocycles. The van der Waals surface area contributed by atoms with E-state index in [1.165, 1.54) is 16.3 Å². The van der Waals surface area contributed by atoms with E-state index in [0.717, 1.165) is 32.8 Å². The van der Waals surface area contributed by atoms with Crippen molar-refractivity contribution in [3.05, 3.63) is 83.4 Å². The highest BCUT2D eigenvalue weighted by atomic mass is 32.1. The zero-order chi connectivity index (χ0) is 21.8. The summed E-state index contributed by atoms with van der Waals surface area (Å²) in [4.78, 5) is 17.9. The minimum Gasteiger partial charge on any atom is -0.497 e. The Bertz CT molecular complexity index is 1230. The zero-order valence-electron chi connectivity index (χ0n) is 17.4. The fraction of sp³-hybridized carbons (Fsp3) is 0.125. The van der Waals surface area contributed by atoms with Crippen LogP contribution in [0.1, 0.15) is 21.5 Å². The van der Waals surface area contributed by atoms with Crippen LogP contribution in [-0.4, -0.2) is 31.3 Å². The molecule has 4 aromatic rings. The number of rotatable bonds is 6. The molecule has 156 valence electrons. The molecule has 0 aliphatic carbocycles. The Morgan fingerprint density at radius 3 is 2.32 bits per heavy atom. The van der Waals surface area contributed by atoms with Gasteiger partial charge in [-0.15, -0.1) is 0 Å². The van der Waals surface area contributed by atoms with E-state index in [0.29, 0.717) is 10.7 Å². The summed E-state index contributed by atoms with van der Waals surface area (Å²) >= 11 is 1.38. The third-order valence-electron chi connectivity index (χ3n) is 4.69. The topological polar surface area (TPSA) is 64.0 Å². The average Bonchev–Trinajstić information content (AvgIpc) is 3.22. The van der Waals surface area contributed by atoms with E-state index in [9.17, 15) is 4.79 Å². The second kappa shape index (κ2) is 8.97. The van der Waals surface area contributed by atoms with E-state index < -0.39 is 0 Å². The Morgan fingerprint density at radius 1 is 0.968 bits per heavy atom. The first-order chi connectivity index (χ1) is 15.1. The molecule has 1 amide bonds. The van der Waals surface area contributed by atoms with Crippen LogP contribution in [0.3, 0.4) is 0 Å². The number of carbonyl (C=O) groups excluding carboxylic acids is 1. The predicted molar refractivity (Wildman–Crippen MR) is 125 cm³/mol. The summed E-state index contributed by atoms with van der Waals surface area (Å²) in [7, 11) is 3.24. The minimum atomic E-state index is -0.254. The van der Waals surface area contributed by atoms with Gasteiger partial charge < -0.3 is 9.47 Å². The van der Waals surface area contributed by atoms with Gasteiger partial charge in [0.15, 0.2) is 0 Å². The number of fused-ring (bicyclic) bond motifs is 1. The lowest BCUT2D eigenvalue weighted by Crippen LogP contribution is -2.25. The summed E-state index contributed by atoms with van der Waals surface area (Å²) in [5.41, 5.74) is 3.23. The molecular weight excluding hydrogens is 410 g/mol. The highest BCUT2D eigenvalue weighted by Crippen LogP contribution is 2.32. The molecule has 0 N–H and O–H groups in total. The molecule has 4 rings (SSSR count). The Hall–Kier alpha value is -3.71. The lowest BCUT2D eigenvalue weighted by molar-refractivity contribution is 0.0988. The molecule has 0 bridgehead atoms. The number of thiazole rings is 1. The van der Waals surface area contributed by atoms with Crippen molar-refractivity contribution in [2.45, 2.75) is 6.92 Å². The first-order valence-corrected chi connectivity index (χ1v) is 10.4. The van der Waals surface area contributed by atoms with Crippen LogP contribution >= 0.6 is 11.3 Å². The number of hydrazone groups is 1. The number of methoxy groups -OCH3 is 2. The summed E-state index contributed by atoms with van der Waals surface area (Å²) < 4.78 is 11.4. The van der Waals surface area contributed by atoms with Crippen LogP contribution in [0.2, 0.25) is 0 Å². The molecule has 0 aliphatic rings. The Morgan fingerprint density at radius 2 is 1.65 bits per heavy atom. The SMILES string of the molecule is COc1ccc(/C=N/N(C(=O)c2ccc(C)cc2)c2nc3ccc(OC)cc3s2)cc1. The second-order valence-electron chi connectivity index (χ2n) is 6.83. The number of benzene rings is 3. The van der Waals surface area contributed by atoms with Gasteiger partial charge in [-0.1, -0.05) is 29.0 Å². The fourth-order valence-electron chi connectivity index (χ4n) is 2.93. The Kier molecular flexibility index (Phi) is 5.95. The monoisotopic (exact) mass is 431 g/mol. The minimum absolute atomic E-state index is 0.254. The molecule has 0 saturated carbocycles. The molecule has 0 spiro atoms. The van der Waals surface area contributed by atoms with E-state index >= 15 is 0 Å². The maximum Gasteiger partial charge on any atom is 0.280 e. The molecule has 31 heavy (non-hydrogen) atoms. The second-order valence-corrected chi connectivity index (χ2v) is 7.84. The number of hydrogen-bond donors (Lipinski definition) is 0. The van der Waals surface area contributed by atoms with Crippen LogP contribution in [0, 0.1) is 6.92 Å². The number of aromatic nitrogens is 1. The largest absolute Gasteiger partial charge is 0.497 e. The number of carbonyl (C=O) groups is 1. The first-order valence-electron chi connectivity index (χ1n) is 9.61. The van der Waals surface area contributed by atoms with Crippen molar-refractivity contribution < 1.29 is 14.3 Å². The number of aryl methyl sites for hydroxylation is 1. The van der Waals surface area contributed by atoms with E-state index in [1.807, 2.05) is 61.5 Å². The number of anilines is 1.